The summed E-state index contributed by atoms with van der Waals surface area (Å²) in [6.07, 6.45) is -9.53. The Morgan fingerprint density at radius 1 is 1.12 bits per heavy atom. The van der Waals surface area contributed by atoms with Gasteiger partial charge in [-0.15, -0.1) is 13.2 Å². The summed E-state index contributed by atoms with van der Waals surface area (Å²) < 4.78 is 79.3. The van der Waals surface area contributed by atoms with Gasteiger partial charge in [0.1, 0.15) is 11.4 Å². The molecule has 0 radical (unpaired) electrons. The minimum Gasteiger partial charge on any atom is -0.406 e. The van der Waals surface area contributed by atoms with Crippen molar-refractivity contribution in [3.8, 4) is 5.75 Å². The van der Waals surface area contributed by atoms with E-state index in [1.54, 1.807) is 0 Å². The molecule has 2 rings (SSSR count). The zero-order valence-electron chi connectivity index (χ0n) is 12.6. The predicted molar refractivity (Wildman–Crippen MR) is 73.6 cm³/mol. The second-order valence-electron chi connectivity index (χ2n) is 4.95. The molecule has 0 saturated heterocycles. The van der Waals surface area contributed by atoms with E-state index in [1.807, 2.05) is 0 Å². The molecule has 2 N–H and O–H groups in total. The Bertz CT molecular complexity index is 757. The molecule has 1 aromatic carbocycles. The summed E-state index contributed by atoms with van der Waals surface area (Å²) in [4.78, 5) is 24.1. The Hall–Kier alpha value is -2.76. The first-order valence-corrected chi connectivity index (χ1v) is 6.85. The molecule has 0 saturated carbocycles. The van der Waals surface area contributed by atoms with Gasteiger partial charge in [0.15, 0.2) is 0 Å². The number of aliphatic hydroxyl groups is 1. The highest BCUT2D eigenvalue weighted by Gasteiger charge is 2.38. The monoisotopic (exact) mass is 384 g/mol. The highest BCUT2D eigenvalue weighted by atomic mass is 19.4. The van der Waals surface area contributed by atoms with Gasteiger partial charge in [-0.3, -0.25) is 14.5 Å². The van der Waals surface area contributed by atoms with Crippen LogP contribution in [0.25, 0.3) is 0 Å². The molecular weight excluding hydrogens is 374 g/mol. The van der Waals surface area contributed by atoms with Gasteiger partial charge in [-0.05, 0) is 18.2 Å². The summed E-state index contributed by atoms with van der Waals surface area (Å²) in [5, 5.41) is 10.9. The Morgan fingerprint density at radius 2 is 1.77 bits per heavy atom. The first kappa shape index (κ1) is 19.6. The molecule has 26 heavy (non-hydrogen) atoms. The van der Waals surface area contributed by atoms with E-state index in [0.717, 1.165) is 6.08 Å². The topological polar surface area (TPSA) is 78.9 Å². The lowest BCUT2D eigenvalue weighted by Crippen LogP contribution is -2.34. The Labute approximate surface area is 141 Å². The first-order valence-electron chi connectivity index (χ1n) is 6.85. The maximum atomic E-state index is 13.1. The third kappa shape index (κ3) is 4.45. The number of imide groups is 1. The van der Waals surface area contributed by atoms with Crippen LogP contribution in [0.4, 0.5) is 32.0 Å². The fourth-order valence-electron chi connectivity index (χ4n) is 2.12. The Morgan fingerprint density at radius 3 is 2.31 bits per heavy atom. The number of alkyl halides is 6. The number of benzene rings is 1. The third-order valence-corrected chi connectivity index (χ3v) is 3.13. The summed E-state index contributed by atoms with van der Waals surface area (Å²) in [6, 6.07) is 1.37. The van der Waals surface area contributed by atoms with Crippen LogP contribution >= 0.6 is 0 Å². The zero-order valence-corrected chi connectivity index (χ0v) is 12.6. The number of amides is 2. The minimum absolute atomic E-state index is 0.114. The highest BCUT2D eigenvalue weighted by Crippen LogP contribution is 2.39. The Balaban J connectivity index is 2.34. The molecule has 0 atom stereocenters. The lowest BCUT2D eigenvalue weighted by atomic mass is 10.1. The minimum atomic E-state index is -5.18. The molecule has 142 valence electrons. The molecule has 1 aliphatic heterocycles. The van der Waals surface area contributed by atoms with Gasteiger partial charge in [-0.2, -0.15) is 13.2 Å². The Kier molecular flexibility index (Phi) is 5.16. The SMILES string of the molecule is O=C1C=C(Nc2ccc(OC(F)(F)F)cc2C(F)(F)F)C(=O)N1CCO. The van der Waals surface area contributed by atoms with E-state index >= 15 is 0 Å². The normalized spacial score (nSPS) is 15.3. The number of β-amino-alcohol motifs (C(OH)–C–C–N with tert-alkyl or cyclic N) is 1. The van der Waals surface area contributed by atoms with E-state index in [9.17, 15) is 35.9 Å². The molecular formula is C14H10F6N2O4. The maximum Gasteiger partial charge on any atom is 0.573 e. The van der Waals surface area contributed by atoms with Crippen LogP contribution in [0.3, 0.4) is 0 Å². The van der Waals surface area contributed by atoms with Crippen LogP contribution in [0.15, 0.2) is 30.0 Å². The lowest BCUT2D eigenvalue weighted by Gasteiger charge is -2.18. The van der Waals surface area contributed by atoms with Crippen LogP contribution in [0, 0.1) is 0 Å². The average Bonchev–Trinajstić information content (AvgIpc) is 2.74. The number of hydrogen-bond donors (Lipinski definition) is 2. The van der Waals surface area contributed by atoms with Crippen molar-refractivity contribution < 1.29 is 45.8 Å². The number of anilines is 1. The molecule has 0 fully saturated rings. The summed E-state index contributed by atoms with van der Waals surface area (Å²) in [6.45, 7) is -0.903. The number of nitrogens with zero attached hydrogens (tertiary/aromatic N) is 1. The number of carbonyl (C=O) groups excluding carboxylic acids is 2. The van der Waals surface area contributed by atoms with Gasteiger partial charge >= 0.3 is 12.5 Å². The van der Waals surface area contributed by atoms with Crippen molar-refractivity contribution in [2.24, 2.45) is 0 Å². The summed E-state index contributed by atoms with van der Waals surface area (Å²) in [5.41, 5.74) is -2.79. The first-order chi connectivity index (χ1) is 11.9. The number of carbonyl (C=O) groups is 2. The molecule has 12 heteroatoms. The molecule has 1 aromatic rings. The third-order valence-electron chi connectivity index (χ3n) is 3.13. The van der Waals surface area contributed by atoms with E-state index in [1.165, 1.54) is 0 Å². The summed E-state index contributed by atoms with van der Waals surface area (Å²) in [7, 11) is 0. The average molecular weight is 384 g/mol. The van der Waals surface area contributed by atoms with E-state index in [-0.39, 0.29) is 12.6 Å². The van der Waals surface area contributed by atoms with E-state index in [0.29, 0.717) is 17.0 Å². The fraction of sp³-hybridized carbons (Fsp3) is 0.286. The van der Waals surface area contributed by atoms with Crippen molar-refractivity contribution in [2.45, 2.75) is 12.5 Å². The highest BCUT2D eigenvalue weighted by molar-refractivity contribution is 6.17. The number of ether oxygens (including phenoxy) is 1. The second kappa shape index (κ2) is 6.86. The quantitative estimate of drug-likeness (QED) is 0.602. The van der Waals surface area contributed by atoms with Crippen molar-refractivity contribution >= 4 is 17.5 Å². The van der Waals surface area contributed by atoms with Crippen LogP contribution in [0.5, 0.6) is 5.75 Å². The standard InChI is InChI=1S/C14H10F6N2O4/c15-13(16,17)8-5-7(26-14(18,19)20)1-2-9(8)21-10-6-11(24)22(3-4-23)12(10)25/h1-2,5-6,21,23H,3-4H2. The van der Waals surface area contributed by atoms with Crippen molar-refractivity contribution in [1.82, 2.24) is 4.90 Å². The van der Waals surface area contributed by atoms with E-state index in [4.69, 9.17) is 5.11 Å². The maximum absolute atomic E-state index is 13.1. The molecule has 0 bridgehead atoms. The van der Waals surface area contributed by atoms with Gasteiger partial charge in [-0.25, -0.2) is 0 Å². The molecule has 1 heterocycles. The second-order valence-corrected chi connectivity index (χ2v) is 4.95. The number of rotatable bonds is 5. The van der Waals surface area contributed by atoms with Gasteiger partial charge in [0.2, 0.25) is 0 Å². The van der Waals surface area contributed by atoms with Crippen molar-refractivity contribution in [3.63, 3.8) is 0 Å². The fourth-order valence-corrected chi connectivity index (χ4v) is 2.12. The molecule has 2 amide bonds. The van der Waals surface area contributed by atoms with Gasteiger partial charge in [0.25, 0.3) is 11.8 Å². The number of aliphatic hydroxyl groups excluding tert-OH is 1. The number of halogens is 6. The van der Waals surface area contributed by atoms with E-state index in [2.05, 4.69) is 10.1 Å². The van der Waals surface area contributed by atoms with Crippen LogP contribution < -0.4 is 10.1 Å². The molecule has 0 unspecified atom stereocenters. The molecule has 1 aliphatic rings. The molecule has 6 nitrogen and oxygen atoms in total. The lowest BCUT2D eigenvalue weighted by molar-refractivity contribution is -0.274. The van der Waals surface area contributed by atoms with Gasteiger partial charge in [-0.1, -0.05) is 0 Å². The number of nitrogens with one attached hydrogen (secondary N) is 1. The number of hydrogen-bond acceptors (Lipinski definition) is 5. The molecule has 0 spiro atoms. The van der Waals surface area contributed by atoms with E-state index < -0.39 is 53.7 Å². The molecule has 0 aromatic heterocycles. The van der Waals surface area contributed by atoms with Crippen LogP contribution in [0.2, 0.25) is 0 Å². The summed E-state index contributed by atoms with van der Waals surface area (Å²) in [5.74, 6) is -2.93. The summed E-state index contributed by atoms with van der Waals surface area (Å²) >= 11 is 0. The van der Waals surface area contributed by atoms with Crippen LogP contribution in [0.1, 0.15) is 5.56 Å². The smallest absolute Gasteiger partial charge is 0.406 e. The van der Waals surface area contributed by atoms with Crippen molar-refractivity contribution in [2.75, 3.05) is 18.5 Å². The zero-order chi connectivity index (χ0) is 19.7. The van der Waals surface area contributed by atoms with Gasteiger partial charge in [0, 0.05) is 6.08 Å². The van der Waals surface area contributed by atoms with Crippen molar-refractivity contribution in [1.29, 1.82) is 0 Å². The van der Waals surface area contributed by atoms with Crippen molar-refractivity contribution in [3.05, 3.63) is 35.5 Å². The van der Waals surface area contributed by atoms with Crippen LogP contribution in [-0.2, 0) is 15.8 Å². The predicted octanol–water partition coefficient (Wildman–Crippen LogP) is 2.26. The van der Waals surface area contributed by atoms with Gasteiger partial charge in [0.05, 0.1) is 24.4 Å². The van der Waals surface area contributed by atoms with Gasteiger partial charge < -0.3 is 15.2 Å². The largest absolute Gasteiger partial charge is 0.573 e. The van der Waals surface area contributed by atoms with Crippen LogP contribution in [-0.4, -0.2) is 41.3 Å². The molecule has 0 aliphatic carbocycles.